The molecule has 0 amide bonds. The zero-order valence-corrected chi connectivity index (χ0v) is 13.9. The Kier molecular flexibility index (Phi) is 4.21. The molecule has 0 aliphatic heterocycles. The minimum absolute atomic E-state index is 0.203. The molecule has 0 saturated heterocycles. The number of ether oxygens (including phenoxy) is 1. The van der Waals surface area contributed by atoms with E-state index >= 15 is 0 Å². The van der Waals surface area contributed by atoms with Gasteiger partial charge in [-0.2, -0.15) is 0 Å². The summed E-state index contributed by atoms with van der Waals surface area (Å²) in [7, 11) is 0. The molecule has 0 aliphatic rings. The number of carbonyl (C=O) groups excluding carboxylic acids is 2. The highest BCUT2D eigenvalue weighted by molar-refractivity contribution is 6.11. The molecule has 122 valence electrons. The second kappa shape index (κ2) is 6.32. The number of ketones is 1. The zero-order chi connectivity index (χ0) is 17.3. The lowest BCUT2D eigenvalue weighted by molar-refractivity contribution is 0.0319. The van der Waals surface area contributed by atoms with E-state index in [4.69, 9.17) is 4.74 Å². The SMILES string of the molecule is Cc1cccc(C(=O)OC(C)C(=O)c2c(C)[nH]c3ccccc23)c1. The first-order chi connectivity index (χ1) is 11.5. The van der Waals surface area contributed by atoms with E-state index in [1.54, 1.807) is 25.1 Å². The number of benzene rings is 2. The van der Waals surface area contributed by atoms with Gasteiger partial charge in [0.25, 0.3) is 0 Å². The standard InChI is InChI=1S/C20H19NO3/c1-12-7-6-8-15(11-12)20(23)24-14(3)19(22)18-13(2)21-17-10-5-4-9-16(17)18/h4-11,14,21H,1-3H3. The summed E-state index contributed by atoms with van der Waals surface area (Å²) >= 11 is 0. The zero-order valence-electron chi connectivity index (χ0n) is 13.9. The first-order valence-corrected chi connectivity index (χ1v) is 7.86. The highest BCUT2D eigenvalue weighted by atomic mass is 16.5. The topological polar surface area (TPSA) is 59.2 Å². The van der Waals surface area contributed by atoms with Gasteiger partial charge in [-0.1, -0.05) is 35.9 Å². The summed E-state index contributed by atoms with van der Waals surface area (Å²) in [6.45, 7) is 5.36. The van der Waals surface area contributed by atoms with Gasteiger partial charge in [0.15, 0.2) is 6.10 Å². The van der Waals surface area contributed by atoms with Gasteiger partial charge < -0.3 is 9.72 Å². The number of aromatic nitrogens is 1. The Hall–Kier alpha value is -2.88. The lowest BCUT2D eigenvalue weighted by atomic mass is 10.0. The first-order valence-electron chi connectivity index (χ1n) is 7.86. The third-order valence-electron chi connectivity index (χ3n) is 4.05. The smallest absolute Gasteiger partial charge is 0.338 e. The average molecular weight is 321 g/mol. The molecule has 1 N–H and O–H groups in total. The fourth-order valence-electron chi connectivity index (χ4n) is 2.85. The highest BCUT2D eigenvalue weighted by Crippen LogP contribution is 2.24. The molecular formula is C20H19NO3. The second-order valence-corrected chi connectivity index (χ2v) is 5.95. The number of carbonyl (C=O) groups is 2. The van der Waals surface area contributed by atoms with Crippen molar-refractivity contribution in [2.75, 3.05) is 0 Å². The van der Waals surface area contributed by atoms with Gasteiger partial charge in [0.1, 0.15) is 0 Å². The number of aromatic amines is 1. The van der Waals surface area contributed by atoms with E-state index in [1.165, 1.54) is 0 Å². The molecule has 0 saturated carbocycles. The van der Waals surface area contributed by atoms with Crippen LogP contribution in [0.15, 0.2) is 48.5 Å². The van der Waals surface area contributed by atoms with Gasteiger partial charge in [-0.05, 0) is 39.0 Å². The van der Waals surface area contributed by atoms with Gasteiger partial charge in [0, 0.05) is 22.2 Å². The van der Waals surface area contributed by atoms with Crippen LogP contribution in [-0.4, -0.2) is 22.8 Å². The predicted octanol–water partition coefficient (Wildman–Crippen LogP) is 4.21. The molecule has 1 atom stereocenters. The molecule has 0 bridgehead atoms. The van der Waals surface area contributed by atoms with Gasteiger partial charge >= 0.3 is 5.97 Å². The maximum absolute atomic E-state index is 12.8. The third kappa shape index (κ3) is 2.95. The number of hydrogen-bond donors (Lipinski definition) is 1. The number of para-hydroxylation sites is 1. The van der Waals surface area contributed by atoms with Crippen LogP contribution >= 0.6 is 0 Å². The minimum atomic E-state index is -0.851. The molecule has 3 rings (SSSR count). The van der Waals surface area contributed by atoms with Crippen molar-refractivity contribution in [1.82, 2.24) is 4.98 Å². The minimum Gasteiger partial charge on any atom is -0.451 e. The lowest BCUT2D eigenvalue weighted by Gasteiger charge is -2.13. The van der Waals surface area contributed by atoms with Crippen LogP contribution < -0.4 is 0 Å². The Labute approximate surface area is 140 Å². The van der Waals surface area contributed by atoms with Crippen molar-refractivity contribution in [2.24, 2.45) is 0 Å². The predicted molar refractivity (Wildman–Crippen MR) is 93.4 cm³/mol. The fraction of sp³-hybridized carbons (Fsp3) is 0.200. The first kappa shape index (κ1) is 16.0. The molecule has 1 aromatic heterocycles. The number of aryl methyl sites for hydroxylation is 2. The lowest BCUT2D eigenvalue weighted by Crippen LogP contribution is -2.25. The van der Waals surface area contributed by atoms with Crippen LogP contribution in [0, 0.1) is 13.8 Å². The van der Waals surface area contributed by atoms with Crippen LogP contribution in [-0.2, 0) is 4.74 Å². The molecule has 0 spiro atoms. The largest absolute Gasteiger partial charge is 0.451 e. The molecule has 1 heterocycles. The number of H-pyrrole nitrogens is 1. The van der Waals surface area contributed by atoms with Gasteiger partial charge in [-0.15, -0.1) is 0 Å². The van der Waals surface area contributed by atoms with Crippen LogP contribution in [0.3, 0.4) is 0 Å². The van der Waals surface area contributed by atoms with E-state index in [2.05, 4.69) is 4.98 Å². The summed E-state index contributed by atoms with van der Waals surface area (Å²) in [6, 6.07) is 14.7. The Balaban J connectivity index is 1.84. The Bertz CT molecular complexity index is 924. The molecule has 0 radical (unpaired) electrons. The quantitative estimate of drug-likeness (QED) is 0.578. The van der Waals surface area contributed by atoms with Gasteiger partial charge in [0.05, 0.1) is 5.56 Å². The van der Waals surface area contributed by atoms with E-state index in [-0.39, 0.29) is 5.78 Å². The highest BCUT2D eigenvalue weighted by Gasteiger charge is 2.24. The van der Waals surface area contributed by atoms with Crippen LogP contribution in [0.2, 0.25) is 0 Å². The molecular weight excluding hydrogens is 302 g/mol. The molecule has 0 fully saturated rings. The molecule has 0 aliphatic carbocycles. The Morgan fingerprint density at radius 1 is 1.04 bits per heavy atom. The van der Waals surface area contributed by atoms with E-state index in [0.29, 0.717) is 11.1 Å². The summed E-state index contributed by atoms with van der Waals surface area (Å²) in [5.41, 5.74) is 3.67. The van der Waals surface area contributed by atoms with E-state index in [1.807, 2.05) is 44.2 Å². The second-order valence-electron chi connectivity index (χ2n) is 5.95. The number of rotatable bonds is 4. The van der Waals surface area contributed by atoms with Crippen molar-refractivity contribution in [3.05, 3.63) is 70.9 Å². The van der Waals surface area contributed by atoms with Crippen molar-refractivity contribution >= 4 is 22.7 Å². The molecule has 24 heavy (non-hydrogen) atoms. The summed E-state index contributed by atoms with van der Waals surface area (Å²) in [4.78, 5) is 28.2. The Morgan fingerprint density at radius 3 is 2.54 bits per heavy atom. The molecule has 2 aromatic carbocycles. The number of fused-ring (bicyclic) bond motifs is 1. The van der Waals surface area contributed by atoms with Crippen LogP contribution in [0.25, 0.3) is 10.9 Å². The van der Waals surface area contributed by atoms with Crippen molar-refractivity contribution in [1.29, 1.82) is 0 Å². The van der Waals surface area contributed by atoms with Crippen molar-refractivity contribution < 1.29 is 14.3 Å². The summed E-state index contributed by atoms with van der Waals surface area (Å²) in [5, 5.41) is 0.846. The average Bonchev–Trinajstić information content (AvgIpc) is 2.89. The molecule has 1 unspecified atom stereocenters. The van der Waals surface area contributed by atoms with Crippen molar-refractivity contribution in [3.63, 3.8) is 0 Å². The van der Waals surface area contributed by atoms with E-state index < -0.39 is 12.1 Å². The van der Waals surface area contributed by atoms with Crippen LogP contribution in [0.4, 0.5) is 0 Å². The molecule has 4 nitrogen and oxygen atoms in total. The molecule has 3 aromatic rings. The monoisotopic (exact) mass is 321 g/mol. The van der Waals surface area contributed by atoms with Crippen LogP contribution in [0.5, 0.6) is 0 Å². The fourth-order valence-corrected chi connectivity index (χ4v) is 2.85. The van der Waals surface area contributed by atoms with Crippen molar-refractivity contribution in [3.8, 4) is 0 Å². The summed E-state index contributed by atoms with van der Waals surface area (Å²) < 4.78 is 5.38. The number of esters is 1. The Morgan fingerprint density at radius 2 is 1.79 bits per heavy atom. The molecule has 4 heteroatoms. The van der Waals surface area contributed by atoms with Gasteiger partial charge in [0.2, 0.25) is 5.78 Å². The summed E-state index contributed by atoms with van der Waals surface area (Å²) in [5.74, 6) is -0.692. The third-order valence-corrected chi connectivity index (χ3v) is 4.05. The number of nitrogens with one attached hydrogen (secondary N) is 1. The van der Waals surface area contributed by atoms with E-state index in [9.17, 15) is 9.59 Å². The van der Waals surface area contributed by atoms with Gasteiger partial charge in [-0.3, -0.25) is 4.79 Å². The summed E-state index contributed by atoms with van der Waals surface area (Å²) in [6.07, 6.45) is -0.851. The van der Waals surface area contributed by atoms with E-state index in [0.717, 1.165) is 22.2 Å². The van der Waals surface area contributed by atoms with Crippen molar-refractivity contribution in [2.45, 2.75) is 26.9 Å². The van der Waals surface area contributed by atoms with Gasteiger partial charge in [-0.25, -0.2) is 4.79 Å². The normalized spacial score (nSPS) is 12.1. The number of Topliss-reactive ketones (excluding diaryl/α,β-unsaturated/α-hetero) is 1. The number of hydrogen-bond acceptors (Lipinski definition) is 3. The maximum Gasteiger partial charge on any atom is 0.338 e. The van der Waals surface area contributed by atoms with Crippen LogP contribution in [0.1, 0.15) is 38.9 Å². The maximum atomic E-state index is 12.8.